The first-order valence-electron chi connectivity index (χ1n) is 7.17. The number of hydrogen-bond donors (Lipinski definition) is 2. The molecule has 0 atom stereocenters. The van der Waals surface area contributed by atoms with E-state index in [0.717, 1.165) is 38.7 Å². The zero-order chi connectivity index (χ0) is 13.5. The molecule has 0 aromatic carbocycles. The number of ether oxygens (including phenoxy) is 1. The monoisotopic (exact) mass is 260 g/mol. The van der Waals surface area contributed by atoms with E-state index >= 15 is 0 Å². The number of hydrogen-bond acceptors (Lipinski definition) is 3. The summed E-state index contributed by atoms with van der Waals surface area (Å²) in [5.41, 5.74) is 0. The maximum absolute atomic E-state index is 10.3. The number of carboxylic acids is 1. The van der Waals surface area contributed by atoms with Gasteiger partial charge >= 0.3 is 5.97 Å². The van der Waals surface area contributed by atoms with E-state index in [9.17, 15) is 4.79 Å². The topological polar surface area (TPSA) is 66.8 Å². The first-order chi connectivity index (χ1) is 8.77. The molecule has 0 aromatic heterocycles. The fourth-order valence-electron chi connectivity index (χ4n) is 1.81. The number of carboxylic acid groups (broad SMARTS) is 1. The summed E-state index contributed by atoms with van der Waals surface area (Å²) >= 11 is 0. The van der Waals surface area contributed by atoms with Crippen LogP contribution in [0.15, 0.2) is 0 Å². The lowest BCUT2D eigenvalue weighted by Gasteiger charge is -2.03. The quantitative estimate of drug-likeness (QED) is 0.471. The molecule has 18 heavy (non-hydrogen) atoms. The third-order valence-corrected chi connectivity index (χ3v) is 2.88. The number of aliphatic carboxylic acids is 1. The molecule has 0 saturated carbocycles. The van der Waals surface area contributed by atoms with Crippen molar-refractivity contribution in [1.82, 2.24) is 0 Å². The molecule has 0 unspecified atom stereocenters. The third-order valence-electron chi connectivity index (χ3n) is 2.88. The number of aliphatic hydroxyl groups excluding tert-OH is 1. The highest BCUT2D eigenvalue weighted by atomic mass is 16.5. The van der Waals surface area contributed by atoms with Gasteiger partial charge in [0.2, 0.25) is 0 Å². The van der Waals surface area contributed by atoms with Crippen molar-refractivity contribution < 1.29 is 19.7 Å². The SMILES string of the molecule is O=C(O)CCCCCCCCCCOCCCO. The standard InChI is InChI=1S/C14H28O4/c15-11-9-13-18-12-8-6-4-2-1-3-5-7-10-14(16)17/h15H,1-13H2,(H,16,17). The van der Waals surface area contributed by atoms with Crippen molar-refractivity contribution >= 4 is 5.97 Å². The molecule has 4 nitrogen and oxygen atoms in total. The Labute approximate surface area is 110 Å². The molecule has 0 aliphatic heterocycles. The zero-order valence-electron chi connectivity index (χ0n) is 11.4. The minimum atomic E-state index is -0.684. The summed E-state index contributed by atoms with van der Waals surface area (Å²) in [5.74, 6) is -0.684. The lowest BCUT2D eigenvalue weighted by molar-refractivity contribution is -0.137. The molecule has 108 valence electrons. The van der Waals surface area contributed by atoms with Crippen LogP contribution >= 0.6 is 0 Å². The van der Waals surface area contributed by atoms with Gasteiger partial charge in [0.05, 0.1) is 0 Å². The number of unbranched alkanes of at least 4 members (excludes halogenated alkanes) is 7. The van der Waals surface area contributed by atoms with Crippen molar-refractivity contribution in [3.63, 3.8) is 0 Å². The molecule has 0 spiro atoms. The van der Waals surface area contributed by atoms with E-state index in [-0.39, 0.29) is 6.61 Å². The Morgan fingerprint density at radius 1 is 0.778 bits per heavy atom. The van der Waals surface area contributed by atoms with E-state index in [1.165, 1.54) is 25.7 Å². The molecule has 4 heteroatoms. The second-order valence-corrected chi connectivity index (χ2v) is 4.66. The van der Waals surface area contributed by atoms with Gasteiger partial charge < -0.3 is 14.9 Å². The molecule has 0 radical (unpaired) electrons. The fourth-order valence-corrected chi connectivity index (χ4v) is 1.81. The van der Waals surface area contributed by atoms with Gasteiger partial charge in [0.15, 0.2) is 0 Å². The van der Waals surface area contributed by atoms with Gasteiger partial charge in [-0.3, -0.25) is 4.79 Å². The van der Waals surface area contributed by atoms with E-state index in [1.807, 2.05) is 0 Å². The van der Waals surface area contributed by atoms with Crippen molar-refractivity contribution in [2.45, 2.75) is 64.2 Å². The Morgan fingerprint density at radius 3 is 1.83 bits per heavy atom. The molecule has 0 rings (SSSR count). The molecule has 0 heterocycles. The molecule has 0 amide bonds. The number of rotatable bonds is 14. The predicted octanol–water partition coefficient (Wildman–Crippen LogP) is 2.98. The normalized spacial score (nSPS) is 10.7. The molecule has 2 N–H and O–H groups in total. The van der Waals surface area contributed by atoms with E-state index in [4.69, 9.17) is 14.9 Å². The van der Waals surface area contributed by atoms with Gasteiger partial charge in [-0.2, -0.15) is 0 Å². The van der Waals surface area contributed by atoms with Crippen LogP contribution in [-0.4, -0.2) is 36.0 Å². The fraction of sp³-hybridized carbons (Fsp3) is 0.929. The van der Waals surface area contributed by atoms with Gasteiger partial charge in [0.25, 0.3) is 0 Å². The summed E-state index contributed by atoms with van der Waals surface area (Å²) < 4.78 is 5.34. The Morgan fingerprint density at radius 2 is 1.28 bits per heavy atom. The lowest BCUT2D eigenvalue weighted by Crippen LogP contribution is -1.98. The minimum absolute atomic E-state index is 0.210. The van der Waals surface area contributed by atoms with Crippen LogP contribution in [0, 0.1) is 0 Å². The van der Waals surface area contributed by atoms with Gasteiger partial charge in [-0.25, -0.2) is 0 Å². The largest absolute Gasteiger partial charge is 0.481 e. The van der Waals surface area contributed by atoms with Crippen LogP contribution in [0.3, 0.4) is 0 Å². The van der Waals surface area contributed by atoms with Gasteiger partial charge in [-0.15, -0.1) is 0 Å². The maximum Gasteiger partial charge on any atom is 0.303 e. The number of aliphatic hydroxyl groups is 1. The second-order valence-electron chi connectivity index (χ2n) is 4.66. The molecular weight excluding hydrogens is 232 g/mol. The van der Waals surface area contributed by atoms with Crippen molar-refractivity contribution in [2.24, 2.45) is 0 Å². The van der Waals surface area contributed by atoms with Crippen LogP contribution in [0.2, 0.25) is 0 Å². The Balaban J connectivity index is 2.92. The van der Waals surface area contributed by atoms with Crippen LogP contribution in [0.1, 0.15) is 64.2 Å². The van der Waals surface area contributed by atoms with E-state index in [0.29, 0.717) is 13.0 Å². The van der Waals surface area contributed by atoms with Gasteiger partial charge in [0, 0.05) is 26.2 Å². The molecule has 0 aromatic rings. The van der Waals surface area contributed by atoms with E-state index in [2.05, 4.69) is 0 Å². The summed E-state index contributed by atoms with van der Waals surface area (Å²) in [7, 11) is 0. The Kier molecular flexibility index (Phi) is 14.0. The molecule has 0 bridgehead atoms. The highest BCUT2D eigenvalue weighted by molar-refractivity contribution is 5.66. The first-order valence-corrected chi connectivity index (χ1v) is 7.17. The molecule has 0 saturated heterocycles. The third kappa shape index (κ3) is 15.4. The summed E-state index contributed by atoms with van der Waals surface area (Å²) in [4.78, 5) is 10.3. The highest BCUT2D eigenvalue weighted by Gasteiger charge is 1.96. The van der Waals surface area contributed by atoms with Gasteiger partial charge in [-0.1, -0.05) is 38.5 Å². The van der Waals surface area contributed by atoms with Gasteiger partial charge in [-0.05, 0) is 19.3 Å². The van der Waals surface area contributed by atoms with Crippen LogP contribution in [0.5, 0.6) is 0 Å². The van der Waals surface area contributed by atoms with E-state index < -0.39 is 5.97 Å². The summed E-state index contributed by atoms with van der Waals surface area (Å²) in [6.07, 6.45) is 10.0. The van der Waals surface area contributed by atoms with E-state index in [1.54, 1.807) is 0 Å². The Bertz CT molecular complexity index is 183. The second kappa shape index (κ2) is 14.5. The average molecular weight is 260 g/mol. The van der Waals surface area contributed by atoms with Crippen LogP contribution < -0.4 is 0 Å². The van der Waals surface area contributed by atoms with Crippen molar-refractivity contribution in [1.29, 1.82) is 0 Å². The number of carbonyl (C=O) groups is 1. The molecule has 0 aliphatic rings. The van der Waals surface area contributed by atoms with Crippen LogP contribution in [0.25, 0.3) is 0 Å². The van der Waals surface area contributed by atoms with Crippen LogP contribution in [0.4, 0.5) is 0 Å². The first kappa shape index (κ1) is 17.4. The molecule has 0 fully saturated rings. The highest BCUT2D eigenvalue weighted by Crippen LogP contribution is 2.09. The van der Waals surface area contributed by atoms with Crippen LogP contribution in [-0.2, 0) is 9.53 Å². The van der Waals surface area contributed by atoms with Crippen molar-refractivity contribution in [3.8, 4) is 0 Å². The summed E-state index contributed by atoms with van der Waals surface area (Å²) in [6.45, 7) is 1.68. The van der Waals surface area contributed by atoms with Gasteiger partial charge in [0.1, 0.15) is 0 Å². The van der Waals surface area contributed by atoms with Crippen molar-refractivity contribution in [2.75, 3.05) is 19.8 Å². The molecular formula is C14H28O4. The average Bonchev–Trinajstić information content (AvgIpc) is 2.34. The minimum Gasteiger partial charge on any atom is -0.481 e. The zero-order valence-corrected chi connectivity index (χ0v) is 11.4. The van der Waals surface area contributed by atoms with Crippen molar-refractivity contribution in [3.05, 3.63) is 0 Å². The smallest absolute Gasteiger partial charge is 0.303 e. The predicted molar refractivity (Wildman–Crippen MR) is 71.7 cm³/mol. The summed E-state index contributed by atoms with van der Waals surface area (Å²) in [5, 5.41) is 17.0. The lowest BCUT2D eigenvalue weighted by atomic mass is 10.1. The maximum atomic E-state index is 10.3. The summed E-state index contributed by atoms with van der Waals surface area (Å²) in [6, 6.07) is 0. The Hall–Kier alpha value is -0.610. The molecule has 0 aliphatic carbocycles.